The summed E-state index contributed by atoms with van der Waals surface area (Å²) in [6, 6.07) is -0.306. The zero-order chi connectivity index (χ0) is 15.4. The highest BCUT2D eigenvalue weighted by molar-refractivity contribution is 5.94. The lowest BCUT2D eigenvalue weighted by atomic mass is 9.79. The predicted octanol–water partition coefficient (Wildman–Crippen LogP) is 1.19. The zero-order valence-corrected chi connectivity index (χ0v) is 13.1. The first-order chi connectivity index (χ1) is 10.0. The monoisotopic (exact) mass is 293 g/mol. The van der Waals surface area contributed by atoms with Crippen molar-refractivity contribution in [2.45, 2.75) is 57.5 Å². The SMILES string of the molecule is C/C=C(/C(N)=O)C(CC1CCC1)NC(=O)C1CCCN1C. The maximum atomic E-state index is 12.5. The molecule has 3 N–H and O–H groups in total. The smallest absolute Gasteiger partial charge is 0.246 e. The number of nitrogens with two attached hydrogens (primary N) is 1. The number of hydrogen-bond donors (Lipinski definition) is 2. The van der Waals surface area contributed by atoms with Crippen LogP contribution >= 0.6 is 0 Å². The summed E-state index contributed by atoms with van der Waals surface area (Å²) in [5.41, 5.74) is 6.01. The topological polar surface area (TPSA) is 75.4 Å². The van der Waals surface area contributed by atoms with Crippen molar-refractivity contribution < 1.29 is 9.59 Å². The summed E-state index contributed by atoms with van der Waals surface area (Å²) in [7, 11) is 1.98. The van der Waals surface area contributed by atoms with Gasteiger partial charge in [0.1, 0.15) is 0 Å². The molecule has 1 saturated heterocycles. The van der Waals surface area contributed by atoms with Crippen molar-refractivity contribution >= 4 is 11.8 Å². The van der Waals surface area contributed by atoms with Crippen LogP contribution in [0.5, 0.6) is 0 Å². The van der Waals surface area contributed by atoms with Crippen molar-refractivity contribution in [2.24, 2.45) is 11.7 Å². The maximum absolute atomic E-state index is 12.5. The van der Waals surface area contributed by atoms with Crippen LogP contribution in [0.1, 0.15) is 45.4 Å². The minimum Gasteiger partial charge on any atom is -0.366 e. The number of carbonyl (C=O) groups excluding carboxylic acids is 2. The standard InChI is InChI=1S/C16H27N3O2/c1-3-12(15(17)20)13(10-11-6-4-7-11)18-16(21)14-8-5-9-19(14)2/h3,11,13-14H,4-10H2,1-2H3,(H2,17,20)(H,18,21)/b12-3+. The van der Waals surface area contributed by atoms with Crippen LogP contribution in [-0.2, 0) is 9.59 Å². The van der Waals surface area contributed by atoms with Crippen molar-refractivity contribution in [3.8, 4) is 0 Å². The van der Waals surface area contributed by atoms with Gasteiger partial charge in [-0.2, -0.15) is 0 Å². The van der Waals surface area contributed by atoms with E-state index in [2.05, 4.69) is 10.2 Å². The fourth-order valence-electron chi connectivity index (χ4n) is 3.35. The Morgan fingerprint density at radius 3 is 2.48 bits per heavy atom. The summed E-state index contributed by atoms with van der Waals surface area (Å²) in [4.78, 5) is 26.2. The lowest BCUT2D eigenvalue weighted by Gasteiger charge is -2.31. The average Bonchev–Trinajstić information content (AvgIpc) is 2.80. The van der Waals surface area contributed by atoms with Crippen LogP contribution in [0, 0.1) is 5.92 Å². The van der Waals surface area contributed by atoms with Crippen LogP contribution in [0.2, 0.25) is 0 Å². The van der Waals surface area contributed by atoms with Gasteiger partial charge in [0.15, 0.2) is 0 Å². The second kappa shape index (κ2) is 7.07. The number of likely N-dealkylation sites (tertiary alicyclic amines) is 1. The molecule has 0 aromatic carbocycles. The first-order valence-corrected chi connectivity index (χ1v) is 7.99. The van der Waals surface area contributed by atoms with Crippen LogP contribution < -0.4 is 11.1 Å². The number of primary amides is 1. The second-order valence-electron chi connectivity index (χ2n) is 6.34. The number of allylic oxidation sites excluding steroid dienone is 1. The fraction of sp³-hybridized carbons (Fsp3) is 0.750. The number of carbonyl (C=O) groups is 2. The Labute approximate surface area is 126 Å². The number of nitrogens with zero attached hydrogens (tertiary/aromatic N) is 1. The van der Waals surface area contributed by atoms with E-state index in [0.717, 1.165) is 25.8 Å². The third-order valence-corrected chi connectivity index (χ3v) is 4.90. The predicted molar refractivity (Wildman–Crippen MR) is 82.5 cm³/mol. The minimum absolute atomic E-state index is 0.0277. The van der Waals surface area contributed by atoms with Crippen molar-refractivity contribution in [3.63, 3.8) is 0 Å². The van der Waals surface area contributed by atoms with Gasteiger partial charge in [-0.25, -0.2) is 0 Å². The van der Waals surface area contributed by atoms with E-state index in [4.69, 9.17) is 5.73 Å². The molecule has 0 spiro atoms. The Morgan fingerprint density at radius 2 is 2.05 bits per heavy atom. The minimum atomic E-state index is -0.429. The molecular weight excluding hydrogens is 266 g/mol. The Balaban J connectivity index is 2.03. The van der Waals surface area contributed by atoms with Crippen molar-refractivity contribution in [3.05, 3.63) is 11.6 Å². The van der Waals surface area contributed by atoms with Gasteiger partial charge in [0.2, 0.25) is 11.8 Å². The average molecular weight is 293 g/mol. The summed E-state index contributed by atoms with van der Waals surface area (Å²) in [6.07, 6.45) is 8.12. The summed E-state index contributed by atoms with van der Waals surface area (Å²) in [5.74, 6) is 0.202. The highest BCUT2D eigenvalue weighted by atomic mass is 16.2. The molecule has 1 saturated carbocycles. The summed E-state index contributed by atoms with van der Waals surface area (Å²) < 4.78 is 0. The summed E-state index contributed by atoms with van der Waals surface area (Å²) in [6.45, 7) is 2.76. The van der Waals surface area contributed by atoms with Crippen LogP contribution in [-0.4, -0.2) is 42.4 Å². The largest absolute Gasteiger partial charge is 0.366 e. The van der Waals surface area contributed by atoms with Crippen LogP contribution in [0.25, 0.3) is 0 Å². The molecule has 2 unspecified atom stereocenters. The van der Waals surface area contributed by atoms with Crippen molar-refractivity contribution in [1.82, 2.24) is 10.2 Å². The number of rotatable bonds is 6. The van der Waals surface area contributed by atoms with Gasteiger partial charge < -0.3 is 11.1 Å². The molecule has 2 fully saturated rings. The van der Waals surface area contributed by atoms with E-state index >= 15 is 0 Å². The molecule has 1 heterocycles. The van der Waals surface area contributed by atoms with E-state index in [1.54, 1.807) is 6.08 Å². The van der Waals surface area contributed by atoms with Crippen LogP contribution in [0.15, 0.2) is 11.6 Å². The zero-order valence-electron chi connectivity index (χ0n) is 13.1. The summed E-state index contributed by atoms with van der Waals surface area (Å²) >= 11 is 0. The lowest BCUT2D eigenvalue weighted by molar-refractivity contribution is -0.125. The Kier molecular flexibility index (Phi) is 5.39. The van der Waals surface area contributed by atoms with Gasteiger partial charge in [0.05, 0.1) is 12.1 Å². The van der Waals surface area contributed by atoms with Gasteiger partial charge >= 0.3 is 0 Å². The van der Waals surface area contributed by atoms with Gasteiger partial charge in [0.25, 0.3) is 0 Å². The number of amides is 2. The number of nitrogens with one attached hydrogen (secondary N) is 1. The molecule has 0 bridgehead atoms. The second-order valence-corrected chi connectivity index (χ2v) is 6.34. The quantitative estimate of drug-likeness (QED) is 0.722. The van der Waals surface area contributed by atoms with Gasteiger partial charge in [-0.15, -0.1) is 0 Å². The van der Waals surface area contributed by atoms with Crippen molar-refractivity contribution in [2.75, 3.05) is 13.6 Å². The third kappa shape index (κ3) is 3.84. The van der Waals surface area contributed by atoms with E-state index < -0.39 is 5.91 Å². The van der Waals surface area contributed by atoms with E-state index in [-0.39, 0.29) is 18.0 Å². The molecule has 1 aliphatic carbocycles. The molecule has 0 aromatic heterocycles. The normalized spacial score (nSPS) is 25.4. The molecule has 1 aliphatic heterocycles. The van der Waals surface area contributed by atoms with Gasteiger partial charge in [-0.3, -0.25) is 14.5 Å². The van der Waals surface area contributed by atoms with Crippen LogP contribution in [0.4, 0.5) is 0 Å². The molecule has 2 aliphatic rings. The Morgan fingerprint density at radius 1 is 1.33 bits per heavy atom. The molecule has 5 nitrogen and oxygen atoms in total. The third-order valence-electron chi connectivity index (χ3n) is 4.90. The molecule has 2 rings (SSSR count). The van der Waals surface area contributed by atoms with Crippen molar-refractivity contribution in [1.29, 1.82) is 0 Å². The lowest BCUT2D eigenvalue weighted by Crippen LogP contribution is -2.48. The first-order valence-electron chi connectivity index (χ1n) is 7.99. The van der Waals surface area contributed by atoms with E-state index in [1.165, 1.54) is 19.3 Å². The van der Waals surface area contributed by atoms with E-state index in [9.17, 15) is 9.59 Å². The van der Waals surface area contributed by atoms with E-state index in [1.807, 2.05) is 14.0 Å². The Hall–Kier alpha value is -1.36. The molecule has 2 atom stereocenters. The molecule has 21 heavy (non-hydrogen) atoms. The number of likely N-dealkylation sites (N-methyl/N-ethyl adjacent to an activating group) is 1. The molecule has 118 valence electrons. The van der Waals surface area contributed by atoms with Gasteiger partial charge in [-0.05, 0) is 45.7 Å². The first kappa shape index (κ1) is 16.0. The maximum Gasteiger partial charge on any atom is 0.246 e. The molecule has 0 aromatic rings. The van der Waals surface area contributed by atoms with E-state index in [0.29, 0.717) is 11.5 Å². The van der Waals surface area contributed by atoms with Crippen LogP contribution in [0.3, 0.4) is 0 Å². The summed E-state index contributed by atoms with van der Waals surface area (Å²) in [5, 5.41) is 3.07. The molecule has 2 amide bonds. The highest BCUT2D eigenvalue weighted by Crippen LogP contribution is 2.32. The molecular formula is C16H27N3O2. The molecule has 0 radical (unpaired) electrons. The fourth-order valence-corrected chi connectivity index (χ4v) is 3.35. The Bertz CT molecular complexity index is 429. The highest BCUT2D eigenvalue weighted by Gasteiger charge is 2.32. The number of hydrogen-bond acceptors (Lipinski definition) is 3. The van der Waals surface area contributed by atoms with Gasteiger partial charge in [-0.1, -0.05) is 25.3 Å². The van der Waals surface area contributed by atoms with Gasteiger partial charge in [0, 0.05) is 5.57 Å². The molecule has 5 heteroatoms.